The van der Waals surface area contributed by atoms with Gasteiger partial charge in [0, 0.05) is 5.69 Å². The predicted molar refractivity (Wildman–Crippen MR) is 130 cm³/mol. The molecule has 5 nitrogen and oxygen atoms in total. The van der Waals surface area contributed by atoms with Crippen LogP contribution < -0.4 is 14.8 Å². The van der Waals surface area contributed by atoms with Gasteiger partial charge < -0.3 is 14.8 Å². The molecule has 6 heteroatoms. The Morgan fingerprint density at radius 1 is 1.12 bits per heavy atom. The van der Waals surface area contributed by atoms with E-state index in [0.29, 0.717) is 33.8 Å². The molecule has 32 heavy (non-hydrogen) atoms. The monoisotopic (exact) mass is 490 g/mol. The minimum Gasteiger partial charge on any atom is -0.493 e. The van der Waals surface area contributed by atoms with Gasteiger partial charge in [-0.3, -0.25) is 4.79 Å². The first-order chi connectivity index (χ1) is 15.4. The van der Waals surface area contributed by atoms with Crippen molar-refractivity contribution in [2.24, 2.45) is 0 Å². The number of ether oxygens (including phenoxy) is 2. The molecule has 1 amide bonds. The standard InChI is InChI=1S/C26H23BrN2O3/c1-17-8-7-11-23(18(17)2)29-26(30)21(15-28)12-20-13-22(27)25(24(14-20)31-3)32-16-19-9-5-4-6-10-19/h4-14H,16H2,1-3H3,(H,29,30)/b21-12-. The summed E-state index contributed by atoms with van der Waals surface area (Å²) in [4.78, 5) is 12.7. The van der Waals surface area contributed by atoms with Crippen molar-refractivity contribution in [1.82, 2.24) is 0 Å². The minimum absolute atomic E-state index is 0.0159. The van der Waals surface area contributed by atoms with Gasteiger partial charge in [-0.05, 0) is 76.3 Å². The third-order valence-corrected chi connectivity index (χ3v) is 5.60. The SMILES string of the molecule is COc1cc(/C=C(/C#N)C(=O)Nc2cccc(C)c2C)cc(Br)c1OCc1ccccc1. The fourth-order valence-corrected chi connectivity index (χ4v) is 3.66. The largest absolute Gasteiger partial charge is 0.493 e. The number of nitriles is 1. The van der Waals surface area contributed by atoms with Crippen molar-refractivity contribution in [3.05, 3.63) is 93.0 Å². The zero-order valence-corrected chi connectivity index (χ0v) is 19.7. The Labute approximate surface area is 196 Å². The van der Waals surface area contributed by atoms with Gasteiger partial charge in [-0.1, -0.05) is 42.5 Å². The molecule has 1 N–H and O–H groups in total. The van der Waals surface area contributed by atoms with Crippen LogP contribution in [0.2, 0.25) is 0 Å². The van der Waals surface area contributed by atoms with Gasteiger partial charge in [0.25, 0.3) is 5.91 Å². The van der Waals surface area contributed by atoms with Crippen LogP contribution in [0.1, 0.15) is 22.3 Å². The van der Waals surface area contributed by atoms with Gasteiger partial charge in [-0.2, -0.15) is 5.26 Å². The van der Waals surface area contributed by atoms with Crippen molar-refractivity contribution in [3.63, 3.8) is 0 Å². The Morgan fingerprint density at radius 3 is 2.56 bits per heavy atom. The molecule has 0 atom stereocenters. The number of benzene rings is 3. The highest BCUT2D eigenvalue weighted by molar-refractivity contribution is 9.10. The van der Waals surface area contributed by atoms with Gasteiger partial charge in [0.05, 0.1) is 11.6 Å². The number of rotatable bonds is 7. The van der Waals surface area contributed by atoms with E-state index in [2.05, 4.69) is 21.2 Å². The summed E-state index contributed by atoms with van der Waals surface area (Å²) in [6.07, 6.45) is 1.52. The van der Waals surface area contributed by atoms with Crippen LogP contribution in [0.25, 0.3) is 6.08 Å². The molecule has 0 saturated heterocycles. The van der Waals surface area contributed by atoms with E-state index in [9.17, 15) is 10.1 Å². The van der Waals surface area contributed by atoms with Crippen LogP contribution in [-0.2, 0) is 11.4 Å². The zero-order chi connectivity index (χ0) is 23.1. The second kappa shape index (κ2) is 10.7. The van der Waals surface area contributed by atoms with Crippen LogP contribution in [0.3, 0.4) is 0 Å². The van der Waals surface area contributed by atoms with Crippen molar-refractivity contribution < 1.29 is 14.3 Å². The van der Waals surface area contributed by atoms with Gasteiger partial charge in [-0.15, -0.1) is 0 Å². The number of anilines is 1. The summed E-state index contributed by atoms with van der Waals surface area (Å²) in [6, 6.07) is 20.9. The number of nitrogens with one attached hydrogen (secondary N) is 1. The average molecular weight is 491 g/mol. The second-order valence-electron chi connectivity index (χ2n) is 7.18. The van der Waals surface area contributed by atoms with Crippen LogP contribution >= 0.6 is 15.9 Å². The van der Waals surface area contributed by atoms with Crippen LogP contribution in [0, 0.1) is 25.2 Å². The normalized spacial score (nSPS) is 10.9. The number of halogens is 1. The highest BCUT2D eigenvalue weighted by Crippen LogP contribution is 2.37. The topological polar surface area (TPSA) is 71.3 Å². The van der Waals surface area contributed by atoms with Crippen LogP contribution in [0.5, 0.6) is 11.5 Å². The number of amides is 1. The summed E-state index contributed by atoms with van der Waals surface area (Å²) in [5.74, 6) is 0.571. The summed E-state index contributed by atoms with van der Waals surface area (Å²) >= 11 is 3.51. The van der Waals surface area contributed by atoms with E-state index in [4.69, 9.17) is 9.47 Å². The number of carbonyl (C=O) groups is 1. The van der Waals surface area contributed by atoms with Crippen LogP contribution in [0.15, 0.2) is 70.7 Å². The maximum atomic E-state index is 12.7. The molecule has 3 rings (SSSR count). The highest BCUT2D eigenvalue weighted by Gasteiger charge is 2.15. The number of hydrogen-bond acceptors (Lipinski definition) is 4. The van der Waals surface area contributed by atoms with Crippen molar-refractivity contribution >= 4 is 33.6 Å². The lowest BCUT2D eigenvalue weighted by atomic mass is 10.1. The van der Waals surface area contributed by atoms with Crippen LogP contribution in [-0.4, -0.2) is 13.0 Å². The molecule has 0 spiro atoms. The smallest absolute Gasteiger partial charge is 0.266 e. The molecule has 0 radical (unpaired) electrons. The third-order valence-electron chi connectivity index (χ3n) is 5.01. The van der Waals surface area contributed by atoms with E-state index in [0.717, 1.165) is 16.7 Å². The third kappa shape index (κ3) is 5.57. The molecular formula is C26H23BrN2O3. The first-order valence-corrected chi connectivity index (χ1v) is 10.8. The summed E-state index contributed by atoms with van der Waals surface area (Å²) in [7, 11) is 1.54. The first-order valence-electron chi connectivity index (χ1n) is 9.96. The molecule has 0 aliphatic carbocycles. The molecule has 0 fully saturated rings. The Hall–Kier alpha value is -3.56. The Morgan fingerprint density at radius 2 is 1.88 bits per heavy atom. The Balaban J connectivity index is 1.84. The molecule has 3 aromatic rings. The molecule has 0 aliphatic rings. The average Bonchev–Trinajstić information content (AvgIpc) is 2.80. The van der Waals surface area contributed by atoms with Crippen molar-refractivity contribution in [1.29, 1.82) is 5.26 Å². The Kier molecular flexibility index (Phi) is 7.69. The van der Waals surface area contributed by atoms with E-state index < -0.39 is 5.91 Å². The number of hydrogen-bond donors (Lipinski definition) is 1. The molecule has 0 heterocycles. The lowest BCUT2D eigenvalue weighted by molar-refractivity contribution is -0.112. The van der Waals surface area contributed by atoms with Crippen molar-refractivity contribution in [3.8, 4) is 17.6 Å². The maximum absolute atomic E-state index is 12.7. The molecule has 0 saturated carbocycles. The number of nitrogens with zero attached hydrogens (tertiary/aromatic N) is 1. The lowest BCUT2D eigenvalue weighted by Gasteiger charge is -2.14. The van der Waals surface area contributed by atoms with Gasteiger partial charge in [0.1, 0.15) is 18.2 Å². The molecule has 162 valence electrons. The van der Waals surface area contributed by atoms with E-state index in [1.165, 1.54) is 6.08 Å². The molecule has 0 aromatic heterocycles. The van der Waals surface area contributed by atoms with Crippen molar-refractivity contribution in [2.75, 3.05) is 12.4 Å². The summed E-state index contributed by atoms with van der Waals surface area (Å²) in [6.45, 7) is 4.28. The second-order valence-corrected chi connectivity index (χ2v) is 8.03. The predicted octanol–water partition coefficient (Wildman–Crippen LogP) is 6.20. The molecular weight excluding hydrogens is 468 g/mol. The Bertz CT molecular complexity index is 1200. The van der Waals surface area contributed by atoms with Crippen molar-refractivity contribution in [2.45, 2.75) is 20.5 Å². The summed E-state index contributed by atoms with van der Waals surface area (Å²) < 4.78 is 12.1. The highest BCUT2D eigenvalue weighted by atomic mass is 79.9. The van der Waals surface area contributed by atoms with E-state index in [1.54, 1.807) is 19.2 Å². The van der Waals surface area contributed by atoms with Gasteiger partial charge in [0.15, 0.2) is 11.5 Å². The van der Waals surface area contributed by atoms with E-state index >= 15 is 0 Å². The van der Waals surface area contributed by atoms with Gasteiger partial charge in [0.2, 0.25) is 0 Å². The summed E-state index contributed by atoms with van der Waals surface area (Å²) in [5, 5.41) is 12.4. The molecule has 0 aliphatic heterocycles. The fourth-order valence-electron chi connectivity index (χ4n) is 3.08. The quantitative estimate of drug-likeness (QED) is 0.316. The molecule has 0 unspecified atom stereocenters. The summed E-state index contributed by atoms with van der Waals surface area (Å²) in [5.41, 5.74) is 4.35. The zero-order valence-electron chi connectivity index (χ0n) is 18.1. The van der Waals surface area contributed by atoms with Crippen LogP contribution in [0.4, 0.5) is 5.69 Å². The van der Waals surface area contributed by atoms with Gasteiger partial charge >= 0.3 is 0 Å². The minimum atomic E-state index is -0.472. The number of carbonyl (C=O) groups excluding carboxylic acids is 1. The first kappa shape index (κ1) is 23.1. The molecule has 3 aromatic carbocycles. The lowest BCUT2D eigenvalue weighted by Crippen LogP contribution is -2.14. The maximum Gasteiger partial charge on any atom is 0.266 e. The fraction of sp³-hybridized carbons (Fsp3) is 0.154. The molecule has 0 bridgehead atoms. The van der Waals surface area contributed by atoms with E-state index in [-0.39, 0.29) is 5.57 Å². The van der Waals surface area contributed by atoms with E-state index in [1.807, 2.05) is 68.4 Å². The number of aryl methyl sites for hydroxylation is 1. The van der Waals surface area contributed by atoms with Gasteiger partial charge in [-0.25, -0.2) is 0 Å². The number of methoxy groups -OCH3 is 1.